The van der Waals surface area contributed by atoms with Gasteiger partial charge in [0.1, 0.15) is 17.9 Å². The topological polar surface area (TPSA) is 88.1 Å². The van der Waals surface area contributed by atoms with Gasteiger partial charge in [0.15, 0.2) is 5.65 Å². The van der Waals surface area contributed by atoms with Crippen molar-refractivity contribution in [3.8, 4) is 16.9 Å². The molecule has 3 heterocycles. The number of ether oxygens (including phenoxy) is 1. The van der Waals surface area contributed by atoms with Crippen molar-refractivity contribution in [2.45, 2.75) is 7.43 Å². The van der Waals surface area contributed by atoms with Gasteiger partial charge in [-0.2, -0.15) is 5.10 Å². The van der Waals surface area contributed by atoms with E-state index in [1.54, 1.807) is 7.11 Å². The fourth-order valence-electron chi connectivity index (χ4n) is 3.41. The molecule has 2 aromatic heterocycles. The third-order valence-electron chi connectivity index (χ3n) is 4.81. The van der Waals surface area contributed by atoms with Crippen molar-refractivity contribution < 1.29 is 4.74 Å². The van der Waals surface area contributed by atoms with Gasteiger partial charge in [-0.25, -0.2) is 9.97 Å². The van der Waals surface area contributed by atoms with Gasteiger partial charge in [-0.05, 0) is 29.3 Å². The number of allylic oxidation sites excluding steroid dienone is 1. The Labute approximate surface area is 174 Å². The van der Waals surface area contributed by atoms with Crippen LogP contribution in [0, 0.1) is 0 Å². The summed E-state index contributed by atoms with van der Waals surface area (Å²) in [5, 5.41) is 11.6. The molecule has 2 aromatic carbocycles. The molecule has 150 valence electrons. The lowest BCUT2D eigenvalue weighted by Gasteiger charge is -2.13. The summed E-state index contributed by atoms with van der Waals surface area (Å²) in [7, 11) is 1.65. The highest BCUT2D eigenvalue weighted by Gasteiger charge is 2.18. The van der Waals surface area contributed by atoms with E-state index in [1.165, 1.54) is 6.33 Å². The van der Waals surface area contributed by atoms with Crippen LogP contribution >= 0.6 is 0 Å². The van der Waals surface area contributed by atoms with E-state index in [9.17, 15) is 0 Å². The SMILES string of the molecule is C.COc1ccc(-c2ccccc2)cc1Nc1ncnc2n[nH]c(C3=NCC=C3)c12. The summed E-state index contributed by atoms with van der Waals surface area (Å²) in [6.45, 7) is 0.666. The van der Waals surface area contributed by atoms with Crippen LogP contribution in [-0.4, -0.2) is 39.5 Å². The second kappa shape index (κ2) is 8.16. The highest BCUT2D eigenvalue weighted by atomic mass is 16.5. The number of aromatic nitrogens is 4. The quantitative estimate of drug-likeness (QED) is 0.506. The minimum absolute atomic E-state index is 0. The molecule has 4 aromatic rings. The zero-order valence-electron chi connectivity index (χ0n) is 15.8. The minimum atomic E-state index is 0. The van der Waals surface area contributed by atoms with E-state index in [1.807, 2.05) is 42.5 Å². The van der Waals surface area contributed by atoms with E-state index < -0.39 is 0 Å². The molecule has 0 saturated carbocycles. The van der Waals surface area contributed by atoms with Gasteiger partial charge in [0, 0.05) is 0 Å². The van der Waals surface area contributed by atoms with E-state index in [0.717, 1.165) is 39.4 Å². The summed E-state index contributed by atoms with van der Waals surface area (Å²) < 4.78 is 5.57. The number of methoxy groups -OCH3 is 1. The van der Waals surface area contributed by atoms with E-state index >= 15 is 0 Å². The first-order valence-corrected chi connectivity index (χ1v) is 9.24. The van der Waals surface area contributed by atoms with Crippen LogP contribution < -0.4 is 10.1 Å². The molecule has 0 amide bonds. The molecule has 0 aliphatic carbocycles. The molecule has 5 rings (SSSR count). The Morgan fingerprint density at radius 3 is 2.67 bits per heavy atom. The number of fused-ring (bicyclic) bond motifs is 1. The number of anilines is 2. The van der Waals surface area contributed by atoms with Gasteiger partial charge in [-0.1, -0.05) is 49.9 Å². The monoisotopic (exact) mass is 398 g/mol. The van der Waals surface area contributed by atoms with Gasteiger partial charge in [0.05, 0.1) is 36.1 Å². The van der Waals surface area contributed by atoms with E-state index in [2.05, 4.69) is 48.7 Å². The third-order valence-corrected chi connectivity index (χ3v) is 4.81. The zero-order chi connectivity index (χ0) is 19.6. The molecule has 0 bridgehead atoms. The molecule has 0 atom stereocenters. The van der Waals surface area contributed by atoms with Crippen molar-refractivity contribution in [1.82, 2.24) is 20.2 Å². The first-order valence-electron chi connectivity index (χ1n) is 9.24. The molecule has 0 saturated heterocycles. The van der Waals surface area contributed by atoms with Crippen molar-refractivity contribution in [2.75, 3.05) is 19.0 Å². The van der Waals surface area contributed by atoms with Gasteiger partial charge < -0.3 is 10.1 Å². The van der Waals surface area contributed by atoms with Crippen molar-refractivity contribution >= 4 is 28.3 Å². The molecule has 1 aliphatic rings. The third kappa shape index (κ3) is 3.41. The van der Waals surface area contributed by atoms with Crippen LogP contribution in [0.5, 0.6) is 5.75 Å². The number of aromatic amines is 1. The number of benzene rings is 2. The lowest BCUT2D eigenvalue weighted by atomic mass is 10.0. The highest BCUT2D eigenvalue weighted by Crippen LogP contribution is 2.34. The van der Waals surface area contributed by atoms with Crippen LogP contribution in [0.4, 0.5) is 11.5 Å². The molecule has 1 aliphatic heterocycles. The van der Waals surface area contributed by atoms with Gasteiger partial charge in [0.25, 0.3) is 0 Å². The average Bonchev–Trinajstić information content (AvgIpc) is 3.44. The van der Waals surface area contributed by atoms with Crippen molar-refractivity contribution in [2.24, 2.45) is 4.99 Å². The van der Waals surface area contributed by atoms with Crippen LogP contribution in [0.2, 0.25) is 0 Å². The van der Waals surface area contributed by atoms with Gasteiger partial charge in [-0.15, -0.1) is 0 Å². The molecule has 2 N–H and O–H groups in total. The summed E-state index contributed by atoms with van der Waals surface area (Å²) in [6.07, 6.45) is 5.47. The van der Waals surface area contributed by atoms with Crippen LogP contribution in [0.3, 0.4) is 0 Å². The second-order valence-corrected chi connectivity index (χ2v) is 6.55. The first-order chi connectivity index (χ1) is 14.3. The van der Waals surface area contributed by atoms with Crippen molar-refractivity contribution in [1.29, 1.82) is 0 Å². The Hall–Kier alpha value is -4.00. The Bertz CT molecular complexity index is 1240. The smallest absolute Gasteiger partial charge is 0.186 e. The largest absolute Gasteiger partial charge is 0.495 e. The summed E-state index contributed by atoms with van der Waals surface area (Å²) >= 11 is 0. The van der Waals surface area contributed by atoms with E-state index in [-0.39, 0.29) is 7.43 Å². The Kier molecular flexibility index (Phi) is 5.26. The lowest BCUT2D eigenvalue weighted by molar-refractivity contribution is 0.417. The zero-order valence-corrected chi connectivity index (χ0v) is 15.8. The second-order valence-electron chi connectivity index (χ2n) is 6.55. The number of aliphatic imine (C=N–C) groups is 1. The maximum Gasteiger partial charge on any atom is 0.186 e. The number of nitrogens with one attached hydrogen (secondary N) is 2. The summed E-state index contributed by atoms with van der Waals surface area (Å²) in [6, 6.07) is 16.2. The predicted octanol–water partition coefficient (Wildman–Crippen LogP) is 4.77. The number of hydrogen-bond acceptors (Lipinski definition) is 6. The summed E-state index contributed by atoms with van der Waals surface area (Å²) in [5.74, 6) is 1.37. The molecule has 0 radical (unpaired) electrons. The van der Waals surface area contributed by atoms with E-state index in [0.29, 0.717) is 18.0 Å². The van der Waals surface area contributed by atoms with Crippen LogP contribution in [0.15, 0.2) is 72.0 Å². The molecule has 30 heavy (non-hydrogen) atoms. The molecule has 0 fully saturated rings. The summed E-state index contributed by atoms with van der Waals surface area (Å²) in [5.41, 5.74) is 5.24. The van der Waals surface area contributed by atoms with Crippen LogP contribution in [0.1, 0.15) is 13.1 Å². The highest BCUT2D eigenvalue weighted by molar-refractivity contribution is 6.17. The van der Waals surface area contributed by atoms with Gasteiger partial charge in [-0.3, -0.25) is 10.1 Å². The number of H-pyrrole nitrogens is 1. The van der Waals surface area contributed by atoms with Gasteiger partial charge >= 0.3 is 0 Å². The lowest BCUT2D eigenvalue weighted by Crippen LogP contribution is -2.01. The average molecular weight is 398 g/mol. The number of nitrogens with zero attached hydrogens (tertiary/aromatic N) is 4. The fraction of sp³-hybridized carbons (Fsp3) is 0.130. The maximum atomic E-state index is 5.57. The molecule has 7 nitrogen and oxygen atoms in total. The summed E-state index contributed by atoms with van der Waals surface area (Å²) in [4.78, 5) is 13.2. The van der Waals surface area contributed by atoms with Crippen molar-refractivity contribution in [3.63, 3.8) is 0 Å². The fourth-order valence-corrected chi connectivity index (χ4v) is 3.41. The predicted molar refractivity (Wildman–Crippen MR) is 121 cm³/mol. The Morgan fingerprint density at radius 1 is 1.03 bits per heavy atom. The molecule has 7 heteroatoms. The Morgan fingerprint density at radius 2 is 1.90 bits per heavy atom. The molecular weight excluding hydrogens is 376 g/mol. The van der Waals surface area contributed by atoms with Crippen LogP contribution in [0.25, 0.3) is 22.2 Å². The number of hydrogen-bond donors (Lipinski definition) is 2. The Balaban J connectivity index is 0.00000218. The minimum Gasteiger partial charge on any atom is -0.495 e. The molecule has 0 spiro atoms. The number of rotatable bonds is 5. The van der Waals surface area contributed by atoms with Crippen LogP contribution in [-0.2, 0) is 0 Å². The first kappa shape index (κ1) is 19.3. The molecule has 0 unspecified atom stereocenters. The van der Waals surface area contributed by atoms with E-state index in [4.69, 9.17) is 4.74 Å². The van der Waals surface area contributed by atoms with Crippen molar-refractivity contribution in [3.05, 3.63) is 72.7 Å². The maximum absolute atomic E-state index is 5.57. The normalized spacial score (nSPS) is 12.5. The molecular formula is C23H22N6O. The standard InChI is InChI=1S/C22H18N6O.CH4/c1-29-18-10-9-15(14-6-3-2-4-7-14)12-17(18)26-21-19-20(16-8-5-11-23-16)27-28-22(19)25-13-24-21;/h2-10,12-13H,11H2,1H3,(H2,24,25,26,27,28);1H4. The van der Waals surface area contributed by atoms with Gasteiger partial charge in [0.2, 0.25) is 0 Å².